The number of anilines is 1. The van der Waals surface area contributed by atoms with Crippen molar-refractivity contribution in [3.63, 3.8) is 0 Å². The van der Waals surface area contributed by atoms with Gasteiger partial charge >= 0.3 is 6.03 Å². The van der Waals surface area contributed by atoms with Crippen molar-refractivity contribution in [2.24, 2.45) is 0 Å². The van der Waals surface area contributed by atoms with Crippen LogP contribution in [0.5, 0.6) is 0 Å². The fourth-order valence-electron chi connectivity index (χ4n) is 1.88. The number of aliphatic hydroxyl groups is 1. The summed E-state index contributed by atoms with van der Waals surface area (Å²) >= 11 is 1.47. The van der Waals surface area contributed by atoms with Gasteiger partial charge in [0.2, 0.25) is 0 Å². The zero-order valence-corrected chi connectivity index (χ0v) is 12.6. The Hall–Kier alpha value is -1.92. The van der Waals surface area contributed by atoms with Gasteiger partial charge in [0.15, 0.2) is 0 Å². The number of aryl methyl sites for hydroxylation is 1. The number of hydrogen-bond donors (Lipinski definition) is 3. The standard InChI is InChI=1S/C15H17FN2O2S/c1-9-3-8-13(21-9)18-15(20)17-10(2)14(19)11-4-6-12(16)7-5-11/h3-8,10,14,19H,1-2H3,(H2,17,18,20). The van der Waals surface area contributed by atoms with Crippen LogP contribution in [-0.2, 0) is 0 Å². The second-order valence-corrected chi connectivity index (χ2v) is 6.08. The Balaban J connectivity index is 1.92. The number of benzene rings is 1. The molecule has 2 amide bonds. The second kappa shape index (κ2) is 6.69. The fraction of sp³-hybridized carbons (Fsp3) is 0.267. The van der Waals surface area contributed by atoms with Gasteiger partial charge in [0.25, 0.3) is 0 Å². The molecule has 112 valence electrons. The Morgan fingerprint density at radius 1 is 1.24 bits per heavy atom. The van der Waals surface area contributed by atoms with Crippen molar-refractivity contribution in [3.05, 3.63) is 52.7 Å². The molecule has 2 rings (SSSR count). The highest BCUT2D eigenvalue weighted by molar-refractivity contribution is 7.16. The maximum Gasteiger partial charge on any atom is 0.320 e. The third kappa shape index (κ3) is 4.27. The predicted molar refractivity (Wildman–Crippen MR) is 82.0 cm³/mol. The molecule has 0 spiro atoms. The van der Waals surface area contributed by atoms with Crippen LogP contribution in [0.4, 0.5) is 14.2 Å². The van der Waals surface area contributed by atoms with E-state index in [-0.39, 0.29) is 11.8 Å². The minimum absolute atomic E-state index is 0.364. The summed E-state index contributed by atoms with van der Waals surface area (Å²) < 4.78 is 12.8. The van der Waals surface area contributed by atoms with E-state index in [9.17, 15) is 14.3 Å². The third-order valence-corrected chi connectivity index (χ3v) is 3.94. The van der Waals surface area contributed by atoms with Gasteiger partial charge in [-0.15, -0.1) is 11.3 Å². The highest BCUT2D eigenvalue weighted by Gasteiger charge is 2.18. The first-order valence-electron chi connectivity index (χ1n) is 6.53. The van der Waals surface area contributed by atoms with Crippen LogP contribution in [0.2, 0.25) is 0 Å². The normalized spacial score (nSPS) is 13.5. The first-order chi connectivity index (χ1) is 9.95. The highest BCUT2D eigenvalue weighted by Crippen LogP contribution is 2.21. The van der Waals surface area contributed by atoms with Crippen molar-refractivity contribution in [3.8, 4) is 0 Å². The van der Waals surface area contributed by atoms with E-state index >= 15 is 0 Å². The van der Waals surface area contributed by atoms with E-state index in [2.05, 4.69) is 10.6 Å². The van der Waals surface area contributed by atoms with E-state index in [1.54, 1.807) is 6.92 Å². The Morgan fingerprint density at radius 2 is 1.90 bits per heavy atom. The summed E-state index contributed by atoms with van der Waals surface area (Å²) in [6, 6.07) is 8.40. The van der Waals surface area contributed by atoms with Gasteiger partial charge in [0.1, 0.15) is 5.82 Å². The molecule has 1 heterocycles. The molecule has 21 heavy (non-hydrogen) atoms. The van der Waals surface area contributed by atoms with Crippen LogP contribution < -0.4 is 10.6 Å². The molecule has 1 aromatic heterocycles. The fourth-order valence-corrected chi connectivity index (χ4v) is 2.65. The smallest absolute Gasteiger partial charge is 0.320 e. The predicted octanol–water partition coefficient (Wildman–Crippen LogP) is 3.44. The maximum absolute atomic E-state index is 12.8. The molecule has 6 heteroatoms. The number of thiophene rings is 1. The van der Waals surface area contributed by atoms with Crippen LogP contribution in [0, 0.1) is 12.7 Å². The monoisotopic (exact) mass is 308 g/mol. The quantitative estimate of drug-likeness (QED) is 0.810. The number of halogens is 1. The number of carbonyl (C=O) groups excluding carboxylic acids is 1. The summed E-state index contributed by atoms with van der Waals surface area (Å²) in [5.74, 6) is -0.364. The van der Waals surface area contributed by atoms with E-state index in [1.165, 1.54) is 35.6 Å². The number of urea groups is 1. The highest BCUT2D eigenvalue weighted by atomic mass is 32.1. The number of hydrogen-bond acceptors (Lipinski definition) is 3. The molecular formula is C15H17FN2O2S. The molecule has 2 unspecified atom stereocenters. The van der Waals surface area contributed by atoms with Crippen LogP contribution in [0.15, 0.2) is 36.4 Å². The molecular weight excluding hydrogens is 291 g/mol. The summed E-state index contributed by atoms with van der Waals surface area (Å²) in [6.45, 7) is 3.64. The third-order valence-electron chi connectivity index (χ3n) is 3.02. The minimum Gasteiger partial charge on any atom is -0.386 e. The maximum atomic E-state index is 12.8. The topological polar surface area (TPSA) is 61.4 Å². The van der Waals surface area contributed by atoms with Crippen LogP contribution in [0.25, 0.3) is 0 Å². The van der Waals surface area contributed by atoms with Gasteiger partial charge in [0.05, 0.1) is 17.1 Å². The average Bonchev–Trinajstić information content (AvgIpc) is 2.83. The Labute approximate surface area is 126 Å². The number of carbonyl (C=O) groups is 1. The summed E-state index contributed by atoms with van der Waals surface area (Å²) in [4.78, 5) is 12.9. The SMILES string of the molecule is Cc1ccc(NC(=O)NC(C)C(O)c2ccc(F)cc2)s1. The lowest BCUT2D eigenvalue weighted by Gasteiger charge is -2.20. The van der Waals surface area contributed by atoms with Gasteiger partial charge < -0.3 is 10.4 Å². The van der Waals surface area contributed by atoms with Crippen molar-refractivity contribution < 1.29 is 14.3 Å². The molecule has 0 aliphatic rings. The van der Waals surface area contributed by atoms with E-state index < -0.39 is 12.1 Å². The van der Waals surface area contributed by atoms with Crippen LogP contribution in [0.3, 0.4) is 0 Å². The van der Waals surface area contributed by atoms with E-state index in [1.807, 2.05) is 19.1 Å². The first kappa shape index (κ1) is 15.5. The molecule has 0 saturated heterocycles. The molecule has 0 fully saturated rings. The molecule has 4 nitrogen and oxygen atoms in total. The molecule has 1 aromatic carbocycles. The molecule has 0 aliphatic carbocycles. The molecule has 0 radical (unpaired) electrons. The largest absolute Gasteiger partial charge is 0.386 e. The Morgan fingerprint density at radius 3 is 2.48 bits per heavy atom. The van der Waals surface area contributed by atoms with E-state index in [4.69, 9.17) is 0 Å². The van der Waals surface area contributed by atoms with E-state index in [0.717, 1.165) is 9.88 Å². The van der Waals surface area contributed by atoms with Crippen molar-refractivity contribution in [2.75, 3.05) is 5.32 Å². The summed E-state index contributed by atoms with van der Waals surface area (Å²) in [5, 5.41) is 16.3. The summed E-state index contributed by atoms with van der Waals surface area (Å²) in [7, 11) is 0. The number of rotatable bonds is 4. The Bertz CT molecular complexity index is 612. The van der Waals surface area contributed by atoms with Crippen molar-refractivity contribution in [1.29, 1.82) is 0 Å². The summed E-state index contributed by atoms with van der Waals surface area (Å²) in [6.07, 6.45) is -0.901. The number of amides is 2. The molecule has 2 aromatic rings. The van der Waals surface area contributed by atoms with Gasteiger partial charge in [-0.3, -0.25) is 5.32 Å². The van der Waals surface area contributed by atoms with Crippen molar-refractivity contribution in [2.45, 2.75) is 26.0 Å². The molecule has 0 bridgehead atoms. The van der Waals surface area contributed by atoms with Crippen LogP contribution in [0.1, 0.15) is 23.5 Å². The number of aliphatic hydroxyl groups excluding tert-OH is 1. The summed E-state index contributed by atoms with van der Waals surface area (Å²) in [5.41, 5.74) is 0.552. The van der Waals surface area contributed by atoms with Crippen LogP contribution >= 0.6 is 11.3 Å². The average molecular weight is 308 g/mol. The lowest BCUT2D eigenvalue weighted by Crippen LogP contribution is -2.39. The van der Waals surface area contributed by atoms with Gasteiger partial charge in [-0.05, 0) is 43.7 Å². The van der Waals surface area contributed by atoms with Gasteiger partial charge in [0, 0.05) is 4.88 Å². The number of nitrogens with one attached hydrogen (secondary N) is 2. The zero-order chi connectivity index (χ0) is 15.4. The molecule has 0 saturated carbocycles. The van der Waals surface area contributed by atoms with Crippen LogP contribution in [-0.4, -0.2) is 17.2 Å². The van der Waals surface area contributed by atoms with Crippen molar-refractivity contribution >= 4 is 22.4 Å². The minimum atomic E-state index is -0.901. The first-order valence-corrected chi connectivity index (χ1v) is 7.35. The molecule has 3 N–H and O–H groups in total. The second-order valence-electron chi connectivity index (χ2n) is 4.79. The molecule has 2 atom stereocenters. The van der Waals surface area contributed by atoms with Crippen molar-refractivity contribution in [1.82, 2.24) is 5.32 Å². The van der Waals surface area contributed by atoms with Gasteiger partial charge in [-0.1, -0.05) is 12.1 Å². The van der Waals surface area contributed by atoms with E-state index in [0.29, 0.717) is 5.56 Å². The lowest BCUT2D eigenvalue weighted by atomic mass is 10.0. The zero-order valence-electron chi connectivity index (χ0n) is 11.8. The molecule has 0 aliphatic heterocycles. The Kier molecular flexibility index (Phi) is 4.93. The van der Waals surface area contributed by atoms with Gasteiger partial charge in [-0.2, -0.15) is 0 Å². The van der Waals surface area contributed by atoms with Gasteiger partial charge in [-0.25, -0.2) is 9.18 Å². The lowest BCUT2D eigenvalue weighted by molar-refractivity contribution is 0.139.